The van der Waals surface area contributed by atoms with Crippen molar-refractivity contribution in [1.82, 2.24) is 20.1 Å². The van der Waals surface area contributed by atoms with E-state index in [4.69, 9.17) is 4.74 Å². The Hall–Kier alpha value is -1.43. The predicted molar refractivity (Wildman–Crippen MR) is 82.1 cm³/mol. The van der Waals surface area contributed by atoms with E-state index in [0.29, 0.717) is 0 Å². The molecule has 1 N–H and O–H groups in total. The molecule has 0 aliphatic carbocycles. The van der Waals surface area contributed by atoms with E-state index >= 15 is 0 Å². The average Bonchev–Trinajstić information content (AvgIpc) is 2.92. The molecule has 0 bridgehead atoms. The van der Waals surface area contributed by atoms with Crippen molar-refractivity contribution < 1.29 is 9.53 Å². The van der Waals surface area contributed by atoms with Crippen molar-refractivity contribution in [3.05, 3.63) is 11.6 Å². The lowest BCUT2D eigenvalue weighted by Gasteiger charge is -2.25. The predicted octanol–water partition coefficient (Wildman–Crippen LogP) is 1.72. The molecule has 1 aromatic heterocycles. The summed E-state index contributed by atoms with van der Waals surface area (Å²) in [6.07, 6.45) is 4.39. The van der Waals surface area contributed by atoms with Gasteiger partial charge in [0, 0.05) is 19.4 Å². The number of aromatic nitrogens is 3. The summed E-state index contributed by atoms with van der Waals surface area (Å²) in [5.41, 5.74) is -0.612. The fourth-order valence-electron chi connectivity index (χ4n) is 2.31. The van der Waals surface area contributed by atoms with E-state index in [9.17, 15) is 4.79 Å². The number of methoxy groups -OCH3 is 1. The third-order valence-corrected chi connectivity index (χ3v) is 3.91. The van der Waals surface area contributed by atoms with Crippen LogP contribution in [0.4, 0.5) is 0 Å². The maximum atomic E-state index is 11.8. The van der Waals surface area contributed by atoms with Gasteiger partial charge in [0.25, 0.3) is 0 Å². The van der Waals surface area contributed by atoms with Crippen LogP contribution in [0.2, 0.25) is 0 Å². The number of nitrogens with zero attached hydrogens (tertiary/aromatic N) is 3. The summed E-state index contributed by atoms with van der Waals surface area (Å²) >= 11 is 0. The van der Waals surface area contributed by atoms with Crippen LogP contribution in [0.5, 0.6) is 0 Å². The second kappa shape index (κ2) is 8.12. The van der Waals surface area contributed by atoms with E-state index in [-0.39, 0.29) is 5.97 Å². The van der Waals surface area contributed by atoms with Crippen LogP contribution in [0.25, 0.3) is 0 Å². The summed E-state index contributed by atoms with van der Waals surface area (Å²) < 4.78 is 6.84. The topological polar surface area (TPSA) is 69.0 Å². The summed E-state index contributed by atoms with van der Waals surface area (Å²) in [6.45, 7) is 6.88. The van der Waals surface area contributed by atoms with Gasteiger partial charge in [0.15, 0.2) is 5.82 Å². The monoisotopic (exact) mass is 296 g/mol. The van der Waals surface area contributed by atoms with Crippen LogP contribution in [0.1, 0.15) is 51.7 Å². The zero-order chi connectivity index (χ0) is 15.9. The lowest BCUT2D eigenvalue weighted by atomic mass is 9.95. The molecule has 1 heterocycles. The van der Waals surface area contributed by atoms with E-state index in [2.05, 4.69) is 29.2 Å². The van der Waals surface area contributed by atoms with Crippen LogP contribution in [0.15, 0.2) is 0 Å². The van der Waals surface area contributed by atoms with Gasteiger partial charge in [-0.25, -0.2) is 9.67 Å². The second-order valence-corrected chi connectivity index (χ2v) is 5.41. The van der Waals surface area contributed by atoms with Crippen molar-refractivity contribution >= 4 is 5.97 Å². The minimum atomic E-state index is -0.612. The van der Waals surface area contributed by atoms with Gasteiger partial charge in [-0.15, -0.1) is 0 Å². The number of hydrogen-bond acceptors (Lipinski definition) is 5. The van der Waals surface area contributed by atoms with Crippen LogP contribution in [-0.4, -0.2) is 40.4 Å². The highest BCUT2D eigenvalue weighted by Gasteiger charge is 2.31. The van der Waals surface area contributed by atoms with E-state index in [0.717, 1.165) is 50.3 Å². The molecule has 0 aliphatic rings. The number of rotatable bonds is 9. The molecule has 0 aliphatic heterocycles. The van der Waals surface area contributed by atoms with Crippen LogP contribution in [-0.2, 0) is 28.9 Å². The van der Waals surface area contributed by atoms with Gasteiger partial charge in [0.1, 0.15) is 11.4 Å². The van der Waals surface area contributed by atoms with Crippen LogP contribution < -0.4 is 5.32 Å². The van der Waals surface area contributed by atoms with Crippen LogP contribution in [0, 0.1) is 0 Å². The van der Waals surface area contributed by atoms with Crippen molar-refractivity contribution in [1.29, 1.82) is 0 Å². The van der Waals surface area contributed by atoms with Gasteiger partial charge in [-0.2, -0.15) is 5.10 Å². The number of carbonyl (C=O) groups is 1. The van der Waals surface area contributed by atoms with Gasteiger partial charge in [-0.3, -0.25) is 4.79 Å². The molecular formula is C15H28N4O2. The molecule has 0 saturated carbocycles. The molecule has 0 radical (unpaired) electrons. The molecule has 21 heavy (non-hydrogen) atoms. The average molecular weight is 296 g/mol. The Kier molecular flexibility index (Phi) is 6.81. The first kappa shape index (κ1) is 17.6. The molecule has 0 saturated heterocycles. The fourth-order valence-corrected chi connectivity index (χ4v) is 2.31. The van der Waals surface area contributed by atoms with Gasteiger partial charge < -0.3 is 10.1 Å². The highest BCUT2D eigenvalue weighted by molar-refractivity contribution is 5.80. The molecule has 0 amide bonds. The number of nitrogens with one attached hydrogen (secondary N) is 1. The van der Waals surface area contributed by atoms with Gasteiger partial charge in [-0.1, -0.05) is 13.8 Å². The highest BCUT2D eigenvalue weighted by atomic mass is 16.5. The molecule has 120 valence electrons. The molecule has 0 fully saturated rings. The first-order chi connectivity index (χ1) is 10.0. The normalized spacial score (nSPS) is 14.0. The quantitative estimate of drug-likeness (QED) is 0.555. The summed E-state index contributed by atoms with van der Waals surface area (Å²) in [5.74, 6) is 1.73. The molecule has 1 rings (SSSR count). The summed E-state index contributed by atoms with van der Waals surface area (Å²) in [7, 11) is 3.21. The number of unbranched alkanes of at least 4 members (excludes halogenated alkanes) is 1. The summed E-state index contributed by atoms with van der Waals surface area (Å²) in [5, 5.41) is 7.56. The first-order valence-electron chi connectivity index (χ1n) is 7.70. The SMILES string of the molecule is CCc1nc(CC)n(CCCCC(C)(NC)C(=O)OC)n1. The van der Waals surface area contributed by atoms with E-state index in [1.165, 1.54) is 7.11 Å². The molecule has 0 aromatic carbocycles. The minimum Gasteiger partial charge on any atom is -0.468 e. The number of esters is 1. The molecule has 1 atom stereocenters. The third-order valence-electron chi connectivity index (χ3n) is 3.91. The van der Waals surface area contributed by atoms with Crippen LogP contribution >= 0.6 is 0 Å². The smallest absolute Gasteiger partial charge is 0.325 e. The van der Waals surface area contributed by atoms with Crippen molar-refractivity contribution in [2.45, 2.75) is 65.0 Å². The molecule has 6 heteroatoms. The zero-order valence-electron chi connectivity index (χ0n) is 13.9. The largest absolute Gasteiger partial charge is 0.468 e. The van der Waals surface area contributed by atoms with E-state index in [1.54, 1.807) is 7.05 Å². The molecule has 6 nitrogen and oxygen atoms in total. The summed E-state index contributed by atoms with van der Waals surface area (Å²) in [4.78, 5) is 16.3. The van der Waals surface area contributed by atoms with Gasteiger partial charge in [0.2, 0.25) is 0 Å². The Labute approximate surface area is 127 Å². The Morgan fingerprint density at radius 2 is 2.05 bits per heavy atom. The van der Waals surface area contributed by atoms with Gasteiger partial charge in [0.05, 0.1) is 7.11 Å². The lowest BCUT2D eigenvalue weighted by molar-refractivity contribution is -0.148. The van der Waals surface area contributed by atoms with Gasteiger partial charge in [-0.05, 0) is 33.2 Å². The number of aryl methyl sites for hydroxylation is 3. The fraction of sp³-hybridized carbons (Fsp3) is 0.800. The molecule has 0 spiro atoms. The van der Waals surface area contributed by atoms with E-state index in [1.807, 2.05) is 11.6 Å². The second-order valence-electron chi connectivity index (χ2n) is 5.41. The number of ether oxygens (including phenoxy) is 1. The Morgan fingerprint density at radius 3 is 2.57 bits per heavy atom. The molecule has 1 aromatic rings. The number of carbonyl (C=O) groups excluding carboxylic acids is 1. The minimum absolute atomic E-state index is 0.215. The first-order valence-corrected chi connectivity index (χ1v) is 7.70. The number of likely N-dealkylation sites (N-methyl/N-ethyl adjacent to an activating group) is 1. The lowest BCUT2D eigenvalue weighted by Crippen LogP contribution is -2.48. The molecular weight excluding hydrogens is 268 g/mol. The van der Waals surface area contributed by atoms with Crippen molar-refractivity contribution in [2.24, 2.45) is 0 Å². The van der Waals surface area contributed by atoms with Crippen molar-refractivity contribution in [3.63, 3.8) is 0 Å². The Bertz CT molecular complexity index is 459. The van der Waals surface area contributed by atoms with Crippen molar-refractivity contribution in [2.75, 3.05) is 14.2 Å². The Balaban J connectivity index is 2.50. The van der Waals surface area contributed by atoms with Crippen LogP contribution in [0.3, 0.4) is 0 Å². The van der Waals surface area contributed by atoms with Crippen molar-refractivity contribution in [3.8, 4) is 0 Å². The molecule has 1 unspecified atom stereocenters. The van der Waals surface area contributed by atoms with E-state index < -0.39 is 5.54 Å². The zero-order valence-corrected chi connectivity index (χ0v) is 13.9. The maximum Gasteiger partial charge on any atom is 0.325 e. The standard InChI is InChI=1S/C15H28N4O2/c1-6-12-17-13(7-2)19(18-12)11-9-8-10-15(3,16-4)14(20)21-5/h16H,6-11H2,1-5H3. The number of hydrogen-bond donors (Lipinski definition) is 1. The van der Waals surface area contributed by atoms with Gasteiger partial charge >= 0.3 is 5.97 Å². The highest BCUT2D eigenvalue weighted by Crippen LogP contribution is 2.16. The summed E-state index contributed by atoms with van der Waals surface area (Å²) in [6, 6.07) is 0. The Morgan fingerprint density at radius 1 is 1.33 bits per heavy atom. The maximum absolute atomic E-state index is 11.8. The third kappa shape index (κ3) is 4.52.